The van der Waals surface area contributed by atoms with E-state index in [1.165, 1.54) is 5.00 Å². The first-order valence-corrected chi connectivity index (χ1v) is 9.54. The summed E-state index contributed by atoms with van der Waals surface area (Å²) in [6, 6.07) is 11.8. The molecule has 0 unspecified atom stereocenters. The number of amides is 1. The van der Waals surface area contributed by atoms with Crippen LogP contribution in [0.1, 0.15) is 17.4 Å². The summed E-state index contributed by atoms with van der Waals surface area (Å²) in [6.07, 6.45) is 1.71. The van der Waals surface area contributed by atoms with Crippen molar-refractivity contribution in [2.75, 3.05) is 42.6 Å². The third kappa shape index (κ3) is 3.15. The minimum absolute atomic E-state index is 0.0916. The van der Waals surface area contributed by atoms with Gasteiger partial charge in [-0.1, -0.05) is 18.2 Å². The highest BCUT2D eigenvalue weighted by atomic mass is 32.1. The molecule has 3 heterocycles. The van der Waals surface area contributed by atoms with Crippen LogP contribution in [-0.2, 0) is 9.53 Å². The molecule has 0 bridgehead atoms. The van der Waals surface area contributed by atoms with Gasteiger partial charge in [-0.3, -0.25) is 4.79 Å². The van der Waals surface area contributed by atoms with Crippen molar-refractivity contribution < 1.29 is 9.53 Å². The van der Waals surface area contributed by atoms with Gasteiger partial charge in [0.05, 0.1) is 30.1 Å². The highest BCUT2D eigenvalue weighted by Crippen LogP contribution is 2.29. The Morgan fingerprint density at radius 2 is 2.00 bits per heavy atom. The molecule has 1 saturated heterocycles. The fourth-order valence-corrected chi connectivity index (χ4v) is 4.11. The van der Waals surface area contributed by atoms with Crippen LogP contribution in [0.3, 0.4) is 0 Å². The molecule has 6 nitrogen and oxygen atoms in total. The average Bonchev–Trinajstić information content (AvgIpc) is 3.26. The molecule has 1 aromatic heterocycles. The summed E-state index contributed by atoms with van der Waals surface area (Å²) in [4.78, 5) is 17.6. The second-order valence-electron chi connectivity index (χ2n) is 6.04. The lowest BCUT2D eigenvalue weighted by molar-refractivity contribution is -0.112. The molecule has 2 aromatic rings. The Hall–Kier alpha value is -2.51. The topological polar surface area (TPSA) is 57.5 Å². The van der Waals surface area contributed by atoms with Crippen LogP contribution in [0.15, 0.2) is 46.6 Å². The number of thiophene rings is 1. The largest absolute Gasteiger partial charge is 0.378 e. The van der Waals surface area contributed by atoms with Crippen LogP contribution in [0, 0.1) is 0 Å². The number of morpholine rings is 1. The summed E-state index contributed by atoms with van der Waals surface area (Å²) in [5, 5.41) is 9.62. The summed E-state index contributed by atoms with van der Waals surface area (Å²) in [7, 11) is 0. The minimum Gasteiger partial charge on any atom is -0.378 e. The molecule has 1 amide bonds. The summed E-state index contributed by atoms with van der Waals surface area (Å²) in [6.45, 7) is 5.94. The number of hydrogen-bond acceptors (Lipinski definition) is 6. The number of fused-ring (bicyclic) bond motifs is 1. The number of likely N-dealkylation sites (N-methyl/N-ethyl adjacent to an activating group) is 1. The Kier molecular flexibility index (Phi) is 4.81. The van der Waals surface area contributed by atoms with Crippen molar-refractivity contribution >= 4 is 39.9 Å². The van der Waals surface area contributed by atoms with E-state index in [1.807, 2.05) is 37.3 Å². The van der Waals surface area contributed by atoms with E-state index in [9.17, 15) is 4.79 Å². The number of benzene rings is 1. The molecule has 2 aliphatic heterocycles. The molecular formula is C19H20N4O2S. The Morgan fingerprint density at radius 3 is 2.81 bits per heavy atom. The van der Waals surface area contributed by atoms with E-state index in [2.05, 4.69) is 21.2 Å². The average molecular weight is 368 g/mol. The minimum atomic E-state index is -0.0916. The first kappa shape index (κ1) is 16.9. The fraction of sp³-hybridized carbons (Fsp3) is 0.316. The lowest BCUT2D eigenvalue weighted by Crippen LogP contribution is -2.35. The molecule has 0 radical (unpaired) electrons. The molecule has 7 heteroatoms. The predicted octanol–water partition coefficient (Wildman–Crippen LogP) is 2.77. The normalized spacial score (nSPS) is 19.0. The van der Waals surface area contributed by atoms with Crippen LogP contribution in [0.2, 0.25) is 0 Å². The van der Waals surface area contributed by atoms with E-state index in [0.717, 1.165) is 42.4 Å². The van der Waals surface area contributed by atoms with Gasteiger partial charge >= 0.3 is 0 Å². The number of carbonyl (C=O) groups excluding carboxylic acids is 1. The van der Waals surface area contributed by atoms with Crippen LogP contribution in [0.5, 0.6) is 0 Å². The van der Waals surface area contributed by atoms with Crippen LogP contribution < -0.4 is 9.80 Å². The van der Waals surface area contributed by atoms with Crippen molar-refractivity contribution in [1.29, 1.82) is 0 Å². The van der Waals surface area contributed by atoms with Crippen molar-refractivity contribution in [2.45, 2.75) is 6.92 Å². The third-order valence-corrected chi connectivity index (χ3v) is 5.57. The van der Waals surface area contributed by atoms with Gasteiger partial charge < -0.3 is 14.5 Å². The molecule has 4 rings (SSSR count). The maximum atomic E-state index is 12.6. The molecule has 0 atom stereocenters. The molecule has 1 fully saturated rings. The van der Waals surface area contributed by atoms with E-state index in [-0.39, 0.29) is 5.91 Å². The summed E-state index contributed by atoms with van der Waals surface area (Å²) in [5.74, 6) is -0.0916. The maximum Gasteiger partial charge on any atom is 0.279 e. The van der Waals surface area contributed by atoms with Gasteiger partial charge in [-0.05, 0) is 25.1 Å². The molecule has 2 aliphatic rings. The first-order chi connectivity index (χ1) is 12.8. The lowest BCUT2D eigenvalue weighted by Gasteiger charge is -2.27. The maximum absolute atomic E-state index is 12.6. The van der Waals surface area contributed by atoms with Gasteiger partial charge in [-0.25, -0.2) is 0 Å². The quantitative estimate of drug-likeness (QED) is 0.616. The van der Waals surface area contributed by atoms with E-state index < -0.39 is 0 Å². The highest BCUT2D eigenvalue weighted by Gasteiger charge is 2.32. The zero-order chi connectivity index (χ0) is 17.9. The predicted molar refractivity (Wildman–Crippen MR) is 106 cm³/mol. The van der Waals surface area contributed by atoms with Gasteiger partial charge in [0.15, 0.2) is 5.71 Å². The highest BCUT2D eigenvalue weighted by molar-refractivity contribution is 7.17. The van der Waals surface area contributed by atoms with Crippen molar-refractivity contribution in [1.82, 2.24) is 0 Å². The van der Waals surface area contributed by atoms with E-state index in [4.69, 9.17) is 4.74 Å². The zero-order valence-electron chi connectivity index (χ0n) is 14.6. The number of rotatable bonds is 4. The molecule has 0 aliphatic carbocycles. The van der Waals surface area contributed by atoms with Crippen LogP contribution in [0.4, 0.5) is 10.7 Å². The fourth-order valence-electron chi connectivity index (χ4n) is 3.18. The molecule has 0 N–H and O–H groups in total. The number of anilines is 2. The number of para-hydroxylation sites is 1. The second kappa shape index (κ2) is 7.39. The SMILES string of the molecule is CCN1C(=O)/C(=N/N=C\c2ccc(N3CCOCC3)s2)c2ccccc21. The van der Waals surface area contributed by atoms with Gasteiger partial charge in [0.1, 0.15) is 0 Å². The van der Waals surface area contributed by atoms with Crippen molar-refractivity contribution in [3.05, 3.63) is 46.8 Å². The van der Waals surface area contributed by atoms with Gasteiger partial charge in [-0.2, -0.15) is 5.10 Å². The molecular weight excluding hydrogens is 348 g/mol. The van der Waals surface area contributed by atoms with Crippen molar-refractivity contribution in [3.8, 4) is 0 Å². The first-order valence-electron chi connectivity index (χ1n) is 8.72. The van der Waals surface area contributed by atoms with Gasteiger partial charge in [0, 0.05) is 30.1 Å². The van der Waals surface area contributed by atoms with Gasteiger partial charge in [-0.15, -0.1) is 16.4 Å². The van der Waals surface area contributed by atoms with E-state index >= 15 is 0 Å². The summed E-state index contributed by atoms with van der Waals surface area (Å²) in [5.41, 5.74) is 2.15. The number of nitrogens with zero attached hydrogens (tertiary/aromatic N) is 4. The van der Waals surface area contributed by atoms with Gasteiger partial charge in [0.25, 0.3) is 5.91 Å². The van der Waals surface area contributed by atoms with E-state index in [0.29, 0.717) is 12.3 Å². The molecule has 26 heavy (non-hydrogen) atoms. The molecule has 0 saturated carbocycles. The van der Waals surface area contributed by atoms with Gasteiger partial charge in [0.2, 0.25) is 0 Å². The van der Waals surface area contributed by atoms with Crippen molar-refractivity contribution in [2.24, 2.45) is 10.2 Å². The summed E-state index contributed by atoms with van der Waals surface area (Å²) < 4.78 is 5.39. The second-order valence-corrected chi connectivity index (χ2v) is 7.13. The molecule has 1 aromatic carbocycles. The summed E-state index contributed by atoms with van der Waals surface area (Å²) >= 11 is 1.67. The smallest absolute Gasteiger partial charge is 0.279 e. The monoisotopic (exact) mass is 368 g/mol. The Balaban J connectivity index is 1.53. The Bertz CT molecular complexity index is 868. The third-order valence-electron chi connectivity index (χ3n) is 4.49. The Morgan fingerprint density at radius 1 is 1.19 bits per heavy atom. The molecule has 0 spiro atoms. The zero-order valence-corrected chi connectivity index (χ0v) is 15.4. The van der Waals surface area contributed by atoms with Crippen LogP contribution in [-0.4, -0.2) is 50.7 Å². The van der Waals surface area contributed by atoms with Crippen molar-refractivity contribution in [3.63, 3.8) is 0 Å². The van der Waals surface area contributed by atoms with E-state index in [1.54, 1.807) is 22.5 Å². The Labute approximate surface area is 156 Å². The number of carbonyl (C=O) groups is 1. The lowest BCUT2D eigenvalue weighted by atomic mass is 10.1. The van der Waals surface area contributed by atoms with Crippen LogP contribution in [0.25, 0.3) is 0 Å². The molecule has 134 valence electrons. The van der Waals surface area contributed by atoms with Crippen LogP contribution >= 0.6 is 11.3 Å². The number of ether oxygens (including phenoxy) is 1. The number of hydrogen-bond donors (Lipinski definition) is 0. The standard InChI is InChI=1S/C19H20N4O2S/c1-2-23-16-6-4-3-5-15(16)18(19(23)24)21-20-13-14-7-8-17(26-14)22-9-11-25-12-10-22/h3-8,13H,2,9-12H2,1H3/b20-13-,21-18+.